The largest absolute Gasteiger partial charge is 0.349 e. The minimum Gasteiger partial charge on any atom is -0.349 e. The van der Waals surface area contributed by atoms with Crippen molar-refractivity contribution in [3.8, 4) is 0 Å². The predicted octanol–water partition coefficient (Wildman–Crippen LogP) is 5.79. The molecule has 5 heteroatoms. The van der Waals surface area contributed by atoms with Gasteiger partial charge >= 0.3 is 6.03 Å². The normalized spacial score (nSPS) is 16.4. The first-order valence-electron chi connectivity index (χ1n) is 9.59. The Morgan fingerprint density at radius 2 is 1.86 bits per heavy atom. The second-order valence-electron chi connectivity index (χ2n) is 7.33. The van der Waals surface area contributed by atoms with Crippen LogP contribution in [-0.2, 0) is 6.54 Å². The van der Waals surface area contributed by atoms with E-state index in [4.69, 9.17) is 11.6 Å². The first-order valence-corrected chi connectivity index (χ1v) is 9.97. The van der Waals surface area contributed by atoms with Gasteiger partial charge in [0.2, 0.25) is 0 Å². The number of halogens is 1. The van der Waals surface area contributed by atoms with Crippen molar-refractivity contribution in [2.24, 2.45) is 0 Å². The van der Waals surface area contributed by atoms with E-state index in [0.717, 1.165) is 35.5 Å². The highest BCUT2D eigenvalue weighted by atomic mass is 35.5. The van der Waals surface area contributed by atoms with E-state index in [9.17, 15) is 4.79 Å². The van der Waals surface area contributed by atoms with Gasteiger partial charge in [-0.2, -0.15) is 0 Å². The average Bonchev–Trinajstić information content (AvgIpc) is 3.06. The van der Waals surface area contributed by atoms with E-state index >= 15 is 0 Å². The fraction of sp³-hybridized carbons (Fsp3) is 0.261. The highest BCUT2D eigenvalue weighted by molar-refractivity contribution is 6.31. The molecule has 1 aliphatic heterocycles. The molecule has 0 bridgehead atoms. The fourth-order valence-corrected chi connectivity index (χ4v) is 4.08. The molecular weight excluding hydrogens is 370 g/mol. The number of hydrogen-bond donors (Lipinski definition) is 1. The molecule has 2 aromatic carbocycles. The molecule has 0 unspecified atom stereocenters. The molecule has 2 heterocycles. The van der Waals surface area contributed by atoms with Gasteiger partial charge in [0.05, 0.1) is 0 Å². The highest BCUT2D eigenvalue weighted by Gasteiger charge is 2.32. The van der Waals surface area contributed by atoms with Crippen molar-refractivity contribution in [1.82, 2.24) is 9.47 Å². The molecule has 1 atom stereocenters. The zero-order chi connectivity index (χ0) is 19.7. The molecule has 0 fully saturated rings. The van der Waals surface area contributed by atoms with E-state index in [1.807, 2.05) is 53.4 Å². The first-order chi connectivity index (χ1) is 13.5. The van der Waals surface area contributed by atoms with Gasteiger partial charge in [-0.15, -0.1) is 0 Å². The molecule has 1 aromatic heterocycles. The minimum absolute atomic E-state index is 0.108. The van der Waals surface area contributed by atoms with Crippen LogP contribution in [0.2, 0.25) is 5.02 Å². The average molecular weight is 394 g/mol. The Hall–Kier alpha value is -2.72. The Balaban J connectivity index is 1.72. The summed E-state index contributed by atoms with van der Waals surface area (Å²) >= 11 is 6.55. The summed E-state index contributed by atoms with van der Waals surface area (Å²) < 4.78 is 2.22. The number of hydrogen-bond acceptors (Lipinski definition) is 1. The lowest BCUT2D eigenvalue weighted by Gasteiger charge is -2.31. The van der Waals surface area contributed by atoms with Crippen molar-refractivity contribution in [3.63, 3.8) is 0 Å². The molecular formula is C23H24ClN3O. The summed E-state index contributed by atoms with van der Waals surface area (Å²) in [6.07, 6.45) is 2.97. The summed E-state index contributed by atoms with van der Waals surface area (Å²) in [5, 5.41) is 3.76. The molecule has 28 heavy (non-hydrogen) atoms. The van der Waals surface area contributed by atoms with Crippen LogP contribution in [0.1, 0.15) is 34.8 Å². The number of carbonyl (C=O) groups is 1. The first kappa shape index (κ1) is 18.6. The Kier molecular flexibility index (Phi) is 5.14. The molecule has 0 saturated heterocycles. The number of nitrogens with zero attached hydrogens (tertiary/aromatic N) is 2. The van der Waals surface area contributed by atoms with Crippen molar-refractivity contribution in [2.75, 3.05) is 11.9 Å². The van der Waals surface area contributed by atoms with Crippen LogP contribution in [0.3, 0.4) is 0 Å². The number of anilines is 1. The standard InChI is InChI=1S/C23H24ClN3O/c1-16-10-11-18(15-17(16)2)25-23(28)27-14-6-13-26-12-5-9-21(26)22(27)19-7-3-4-8-20(19)24/h3-5,7-12,15,22H,6,13-14H2,1-2H3,(H,25,28)/t22-/m0/s1. The summed E-state index contributed by atoms with van der Waals surface area (Å²) in [4.78, 5) is 15.2. The Morgan fingerprint density at radius 1 is 1.04 bits per heavy atom. The zero-order valence-corrected chi connectivity index (χ0v) is 16.9. The SMILES string of the molecule is Cc1ccc(NC(=O)N2CCCn3cccc3[C@@H]2c2ccccc2Cl)cc1C. The second kappa shape index (κ2) is 7.72. The van der Waals surface area contributed by atoms with Crippen LogP contribution in [0.4, 0.5) is 10.5 Å². The number of fused-ring (bicyclic) bond motifs is 1. The Labute approximate surface area is 170 Å². The van der Waals surface area contributed by atoms with E-state index in [0.29, 0.717) is 11.6 Å². The maximum atomic E-state index is 13.3. The lowest BCUT2D eigenvalue weighted by molar-refractivity contribution is 0.199. The van der Waals surface area contributed by atoms with Gasteiger partial charge < -0.3 is 14.8 Å². The minimum atomic E-state index is -0.224. The predicted molar refractivity (Wildman–Crippen MR) is 114 cm³/mol. The van der Waals surface area contributed by atoms with Crippen LogP contribution >= 0.6 is 11.6 Å². The third-order valence-corrected chi connectivity index (χ3v) is 5.82. The number of rotatable bonds is 2. The molecule has 1 N–H and O–H groups in total. The highest BCUT2D eigenvalue weighted by Crippen LogP contribution is 2.36. The number of aromatic nitrogens is 1. The molecule has 4 nitrogen and oxygen atoms in total. The fourth-order valence-electron chi connectivity index (χ4n) is 3.84. The van der Waals surface area contributed by atoms with Crippen molar-refractivity contribution >= 4 is 23.3 Å². The topological polar surface area (TPSA) is 37.3 Å². The smallest absolute Gasteiger partial charge is 0.322 e. The summed E-state index contributed by atoms with van der Waals surface area (Å²) in [7, 11) is 0. The zero-order valence-electron chi connectivity index (χ0n) is 16.2. The van der Waals surface area contributed by atoms with E-state index in [-0.39, 0.29) is 12.1 Å². The molecule has 0 saturated carbocycles. The van der Waals surface area contributed by atoms with Crippen LogP contribution in [-0.4, -0.2) is 22.0 Å². The molecule has 0 spiro atoms. The van der Waals surface area contributed by atoms with Crippen molar-refractivity contribution < 1.29 is 4.79 Å². The van der Waals surface area contributed by atoms with E-state index < -0.39 is 0 Å². The monoisotopic (exact) mass is 393 g/mol. The van der Waals surface area contributed by atoms with Crippen molar-refractivity contribution in [1.29, 1.82) is 0 Å². The van der Waals surface area contributed by atoms with Gasteiger partial charge in [-0.1, -0.05) is 35.9 Å². The molecule has 144 valence electrons. The molecule has 0 radical (unpaired) electrons. The molecule has 2 amide bonds. The number of aryl methyl sites for hydroxylation is 3. The van der Waals surface area contributed by atoms with Gasteiger partial charge in [-0.05, 0) is 67.3 Å². The van der Waals surface area contributed by atoms with Gasteiger partial charge in [0.1, 0.15) is 6.04 Å². The van der Waals surface area contributed by atoms with Crippen molar-refractivity contribution in [2.45, 2.75) is 32.9 Å². The molecule has 3 aromatic rings. The van der Waals surface area contributed by atoms with Crippen LogP contribution in [0.25, 0.3) is 0 Å². The van der Waals surface area contributed by atoms with Gasteiger partial charge in [-0.3, -0.25) is 0 Å². The van der Waals surface area contributed by atoms with Crippen LogP contribution < -0.4 is 5.32 Å². The summed E-state index contributed by atoms with van der Waals surface area (Å²) in [6, 6.07) is 17.5. The number of nitrogens with one attached hydrogen (secondary N) is 1. The number of urea groups is 1. The summed E-state index contributed by atoms with van der Waals surface area (Å²) in [5.41, 5.74) is 5.21. The van der Waals surface area contributed by atoms with Crippen LogP contribution in [0.15, 0.2) is 60.8 Å². The number of carbonyl (C=O) groups excluding carboxylic acids is 1. The number of amides is 2. The quantitative estimate of drug-likeness (QED) is 0.588. The van der Waals surface area contributed by atoms with Gasteiger partial charge in [0, 0.05) is 35.7 Å². The van der Waals surface area contributed by atoms with E-state index in [1.165, 1.54) is 5.56 Å². The molecule has 4 rings (SSSR count). The number of benzene rings is 2. The van der Waals surface area contributed by atoms with Gasteiger partial charge in [-0.25, -0.2) is 4.79 Å². The van der Waals surface area contributed by atoms with E-state index in [2.05, 4.69) is 36.0 Å². The summed E-state index contributed by atoms with van der Waals surface area (Å²) in [6.45, 7) is 5.67. The van der Waals surface area contributed by atoms with Crippen molar-refractivity contribution in [3.05, 3.63) is 88.2 Å². The summed E-state index contributed by atoms with van der Waals surface area (Å²) in [5.74, 6) is 0. The third kappa shape index (κ3) is 3.52. The lowest BCUT2D eigenvalue weighted by Crippen LogP contribution is -2.39. The Morgan fingerprint density at radius 3 is 2.64 bits per heavy atom. The van der Waals surface area contributed by atoms with Crippen LogP contribution in [0.5, 0.6) is 0 Å². The second-order valence-corrected chi connectivity index (χ2v) is 7.73. The molecule has 1 aliphatic rings. The van der Waals surface area contributed by atoms with Gasteiger partial charge in [0.15, 0.2) is 0 Å². The van der Waals surface area contributed by atoms with Gasteiger partial charge in [0.25, 0.3) is 0 Å². The molecule has 0 aliphatic carbocycles. The Bertz CT molecular complexity index is 1010. The maximum absolute atomic E-state index is 13.3. The third-order valence-electron chi connectivity index (χ3n) is 5.47. The lowest BCUT2D eigenvalue weighted by atomic mass is 10.0. The van der Waals surface area contributed by atoms with Crippen LogP contribution in [0, 0.1) is 13.8 Å². The maximum Gasteiger partial charge on any atom is 0.322 e. The van der Waals surface area contributed by atoms with E-state index in [1.54, 1.807) is 0 Å².